The Kier molecular flexibility index (Phi) is 5.88. The lowest BCUT2D eigenvalue weighted by atomic mass is 10.1. The molecule has 2 amide bonds. The molecule has 152 valence electrons. The summed E-state index contributed by atoms with van der Waals surface area (Å²) in [6, 6.07) is 5.63. The molecule has 0 saturated carbocycles. The maximum absolute atomic E-state index is 12.1. The van der Waals surface area contributed by atoms with Gasteiger partial charge in [0.25, 0.3) is 11.8 Å². The van der Waals surface area contributed by atoms with Crippen molar-refractivity contribution in [1.82, 2.24) is 20.6 Å². The number of rotatable bonds is 7. The monoisotopic (exact) mass is 399 g/mol. The quantitative estimate of drug-likeness (QED) is 0.377. The van der Waals surface area contributed by atoms with E-state index in [1.807, 2.05) is 0 Å². The Bertz CT molecular complexity index is 932. The van der Waals surface area contributed by atoms with E-state index in [4.69, 9.17) is 10.8 Å². The maximum atomic E-state index is 12.1. The van der Waals surface area contributed by atoms with Crippen molar-refractivity contribution in [2.45, 2.75) is 32.2 Å². The third-order valence-corrected chi connectivity index (χ3v) is 4.25. The number of benzene rings is 1. The molecule has 3 rings (SSSR count). The first kappa shape index (κ1) is 20.0. The zero-order chi connectivity index (χ0) is 21.0. The van der Waals surface area contributed by atoms with Crippen LogP contribution in [0, 0.1) is 0 Å². The van der Waals surface area contributed by atoms with E-state index in [1.54, 1.807) is 31.2 Å². The van der Waals surface area contributed by atoms with Crippen molar-refractivity contribution in [3.63, 3.8) is 0 Å². The van der Waals surface area contributed by atoms with Gasteiger partial charge < -0.3 is 26.4 Å². The Morgan fingerprint density at radius 3 is 2.66 bits per heavy atom. The van der Waals surface area contributed by atoms with Gasteiger partial charge in [0.1, 0.15) is 6.04 Å². The van der Waals surface area contributed by atoms with Crippen LogP contribution in [0.15, 0.2) is 30.5 Å². The van der Waals surface area contributed by atoms with Crippen molar-refractivity contribution in [2.24, 2.45) is 5.73 Å². The van der Waals surface area contributed by atoms with E-state index in [9.17, 15) is 14.4 Å². The van der Waals surface area contributed by atoms with Gasteiger partial charge in [0, 0.05) is 11.3 Å². The molecule has 11 nitrogen and oxygen atoms in total. The molecule has 2 aromatic rings. The lowest BCUT2D eigenvalue weighted by Crippen LogP contribution is -2.51. The highest BCUT2D eigenvalue weighted by molar-refractivity contribution is 5.98. The number of carboxylic acid groups (broad SMARTS) is 1. The second-order valence-electron chi connectivity index (χ2n) is 6.36. The highest BCUT2D eigenvalue weighted by Gasteiger charge is 2.24. The standard InChI is InChI=1S/C18H21N7O4/c1-2-12(17(28)29)23-15(26)9-3-5-10(6-4-9)20-7-11-8-21-14-13(22-11)16(27)25-18(19)24-14/h3-6,8,12,18,20H,2,7,19H2,1H3,(H,21,24)(H,23,26)(H,25,27)(H,28,29)/t12-,18?/m0/s1. The summed E-state index contributed by atoms with van der Waals surface area (Å²) >= 11 is 0. The van der Waals surface area contributed by atoms with Gasteiger partial charge in [0.05, 0.1) is 18.4 Å². The molecule has 7 N–H and O–H groups in total. The van der Waals surface area contributed by atoms with Gasteiger partial charge in [-0.25, -0.2) is 14.8 Å². The number of carboxylic acids is 1. The maximum Gasteiger partial charge on any atom is 0.326 e. The fourth-order valence-electron chi connectivity index (χ4n) is 2.68. The molecule has 0 aliphatic carbocycles. The Balaban J connectivity index is 1.61. The van der Waals surface area contributed by atoms with Crippen LogP contribution in [0.25, 0.3) is 0 Å². The Hall–Kier alpha value is -3.73. The molecular formula is C18H21N7O4. The average molecular weight is 399 g/mol. The summed E-state index contributed by atoms with van der Waals surface area (Å²) in [4.78, 5) is 43.5. The van der Waals surface area contributed by atoms with Gasteiger partial charge in [-0.1, -0.05) is 6.92 Å². The van der Waals surface area contributed by atoms with E-state index in [2.05, 4.69) is 31.2 Å². The topological polar surface area (TPSA) is 171 Å². The fourth-order valence-corrected chi connectivity index (χ4v) is 2.68. The SMILES string of the molecule is CC[C@H](NC(=O)c1ccc(NCc2cnc3c(n2)C(=O)NC(N)N3)cc1)C(=O)O. The van der Waals surface area contributed by atoms with Gasteiger partial charge in [0.15, 0.2) is 17.8 Å². The molecule has 1 unspecified atom stereocenters. The predicted octanol–water partition coefficient (Wildman–Crippen LogP) is 0.0793. The lowest BCUT2D eigenvalue weighted by molar-refractivity contribution is -0.139. The van der Waals surface area contributed by atoms with Crippen LogP contribution in [0.3, 0.4) is 0 Å². The predicted molar refractivity (Wildman–Crippen MR) is 104 cm³/mol. The van der Waals surface area contributed by atoms with E-state index in [0.717, 1.165) is 5.69 Å². The van der Waals surface area contributed by atoms with Crippen LogP contribution in [-0.2, 0) is 11.3 Å². The number of nitrogens with two attached hydrogens (primary N) is 1. The van der Waals surface area contributed by atoms with Crippen LogP contribution >= 0.6 is 0 Å². The summed E-state index contributed by atoms with van der Waals surface area (Å²) in [6.07, 6.45) is 1.12. The highest BCUT2D eigenvalue weighted by Crippen LogP contribution is 2.16. The van der Waals surface area contributed by atoms with Crippen molar-refractivity contribution >= 4 is 29.3 Å². The summed E-state index contributed by atoms with van der Waals surface area (Å²) in [6.45, 7) is 1.99. The third-order valence-electron chi connectivity index (χ3n) is 4.25. The molecule has 11 heteroatoms. The van der Waals surface area contributed by atoms with Crippen molar-refractivity contribution in [1.29, 1.82) is 0 Å². The second kappa shape index (κ2) is 8.52. The van der Waals surface area contributed by atoms with Gasteiger partial charge in [-0.15, -0.1) is 0 Å². The van der Waals surface area contributed by atoms with Crippen LogP contribution < -0.4 is 27.0 Å². The summed E-state index contributed by atoms with van der Waals surface area (Å²) < 4.78 is 0. The van der Waals surface area contributed by atoms with Gasteiger partial charge in [-0.2, -0.15) is 0 Å². The van der Waals surface area contributed by atoms with Crippen molar-refractivity contribution in [3.05, 3.63) is 47.4 Å². The molecule has 29 heavy (non-hydrogen) atoms. The number of hydrogen-bond donors (Lipinski definition) is 6. The van der Waals surface area contributed by atoms with E-state index in [0.29, 0.717) is 30.0 Å². The smallest absolute Gasteiger partial charge is 0.326 e. The van der Waals surface area contributed by atoms with Crippen LogP contribution in [0.4, 0.5) is 11.5 Å². The van der Waals surface area contributed by atoms with E-state index in [1.165, 1.54) is 6.20 Å². The third kappa shape index (κ3) is 4.76. The van der Waals surface area contributed by atoms with Crippen LogP contribution in [0.2, 0.25) is 0 Å². The van der Waals surface area contributed by atoms with Crippen molar-refractivity contribution in [2.75, 3.05) is 10.6 Å². The Morgan fingerprint density at radius 2 is 2.00 bits per heavy atom. The first-order valence-corrected chi connectivity index (χ1v) is 8.94. The first-order valence-electron chi connectivity index (χ1n) is 8.94. The Labute approximate surface area is 166 Å². The summed E-state index contributed by atoms with van der Waals surface area (Å²) in [5, 5.41) is 19.9. The molecule has 1 aliphatic rings. The van der Waals surface area contributed by atoms with E-state index >= 15 is 0 Å². The molecule has 1 aromatic heterocycles. The van der Waals surface area contributed by atoms with E-state index in [-0.39, 0.29) is 5.69 Å². The minimum absolute atomic E-state index is 0.168. The van der Waals surface area contributed by atoms with Gasteiger partial charge in [-0.05, 0) is 30.7 Å². The zero-order valence-corrected chi connectivity index (χ0v) is 15.6. The molecule has 2 atom stereocenters. The van der Waals surface area contributed by atoms with E-state index < -0.39 is 30.1 Å². The van der Waals surface area contributed by atoms with Crippen LogP contribution in [0.1, 0.15) is 39.9 Å². The van der Waals surface area contributed by atoms with Gasteiger partial charge >= 0.3 is 5.97 Å². The molecule has 0 bridgehead atoms. The minimum atomic E-state index is -1.07. The van der Waals surface area contributed by atoms with Gasteiger partial charge in [0.2, 0.25) is 0 Å². The van der Waals surface area contributed by atoms with Crippen molar-refractivity contribution in [3.8, 4) is 0 Å². The summed E-state index contributed by atoms with van der Waals surface area (Å²) in [7, 11) is 0. The number of amides is 2. The number of nitrogens with one attached hydrogen (secondary N) is 4. The number of hydrogen-bond acceptors (Lipinski definition) is 8. The zero-order valence-electron chi connectivity index (χ0n) is 15.6. The van der Waals surface area contributed by atoms with Crippen LogP contribution in [0.5, 0.6) is 0 Å². The fraction of sp³-hybridized carbons (Fsp3) is 0.278. The molecule has 2 heterocycles. The molecule has 1 aromatic carbocycles. The second-order valence-corrected chi connectivity index (χ2v) is 6.36. The number of carbonyl (C=O) groups is 3. The molecule has 0 spiro atoms. The van der Waals surface area contributed by atoms with Crippen LogP contribution in [-0.4, -0.2) is 45.2 Å². The molecular weight excluding hydrogens is 378 g/mol. The summed E-state index contributed by atoms with van der Waals surface area (Å²) in [5.74, 6) is -1.60. The average Bonchev–Trinajstić information content (AvgIpc) is 2.70. The molecule has 0 radical (unpaired) electrons. The largest absolute Gasteiger partial charge is 0.480 e. The number of fused-ring (bicyclic) bond motifs is 1. The summed E-state index contributed by atoms with van der Waals surface area (Å²) in [5.41, 5.74) is 7.40. The minimum Gasteiger partial charge on any atom is -0.480 e. The normalized spacial score (nSPS) is 16.1. The number of aliphatic carboxylic acids is 1. The number of anilines is 2. The first-order chi connectivity index (χ1) is 13.9. The molecule has 0 fully saturated rings. The van der Waals surface area contributed by atoms with Gasteiger partial charge in [-0.3, -0.25) is 15.3 Å². The Morgan fingerprint density at radius 1 is 1.28 bits per heavy atom. The molecule has 0 saturated heterocycles. The number of aromatic nitrogens is 2. The lowest BCUT2D eigenvalue weighted by Gasteiger charge is -2.23. The number of carbonyl (C=O) groups excluding carboxylic acids is 2. The number of nitrogens with zero attached hydrogens (tertiary/aromatic N) is 2. The van der Waals surface area contributed by atoms with Crippen molar-refractivity contribution < 1.29 is 19.5 Å². The molecule has 1 aliphatic heterocycles. The highest BCUT2D eigenvalue weighted by atomic mass is 16.4.